The van der Waals surface area contributed by atoms with Gasteiger partial charge in [-0.3, -0.25) is 9.59 Å². The van der Waals surface area contributed by atoms with Crippen LogP contribution < -0.4 is 0 Å². The molecular formula is C21H28Cl2N2O5S. The fourth-order valence-electron chi connectivity index (χ4n) is 4.00. The molecule has 0 aliphatic carbocycles. The Balaban J connectivity index is 1.55. The van der Waals surface area contributed by atoms with E-state index in [1.165, 1.54) is 16.4 Å². The van der Waals surface area contributed by atoms with Gasteiger partial charge in [-0.25, -0.2) is 8.42 Å². The minimum absolute atomic E-state index is 0.0634. The molecule has 0 bridgehead atoms. The quantitative estimate of drug-likeness (QED) is 0.588. The average molecular weight is 491 g/mol. The van der Waals surface area contributed by atoms with Gasteiger partial charge in [0.1, 0.15) is 4.90 Å². The summed E-state index contributed by atoms with van der Waals surface area (Å²) in [6.07, 6.45) is 1.68. The molecule has 2 aliphatic heterocycles. The van der Waals surface area contributed by atoms with Crippen LogP contribution in [0.5, 0.6) is 0 Å². The van der Waals surface area contributed by atoms with Gasteiger partial charge in [0, 0.05) is 26.2 Å². The van der Waals surface area contributed by atoms with Crippen LogP contribution in [-0.4, -0.2) is 61.8 Å². The standard InChI is InChI=1S/C21H28Cl2N2O5S/c1-14-6-10-24(11-7-14)20(26)15(2)30-21(27)16-8-12-25(13-9-16)31(28,29)19-17(22)4-3-5-18(19)23/h3-5,14-16H,6-13H2,1-2H3. The molecule has 0 N–H and O–H groups in total. The van der Waals surface area contributed by atoms with Gasteiger partial charge in [0.15, 0.2) is 6.10 Å². The highest BCUT2D eigenvalue weighted by molar-refractivity contribution is 7.89. The van der Waals surface area contributed by atoms with E-state index in [9.17, 15) is 18.0 Å². The van der Waals surface area contributed by atoms with E-state index < -0.39 is 28.0 Å². The van der Waals surface area contributed by atoms with Crippen LogP contribution in [0.15, 0.2) is 23.1 Å². The predicted molar refractivity (Wildman–Crippen MR) is 118 cm³/mol. The van der Waals surface area contributed by atoms with Gasteiger partial charge in [0.05, 0.1) is 16.0 Å². The predicted octanol–water partition coefficient (Wildman–Crippen LogP) is 3.58. The molecule has 0 aromatic heterocycles. The van der Waals surface area contributed by atoms with Crippen molar-refractivity contribution in [3.8, 4) is 0 Å². The number of rotatable bonds is 5. The Bertz CT molecular complexity index is 903. The Morgan fingerprint density at radius 3 is 2.13 bits per heavy atom. The van der Waals surface area contributed by atoms with E-state index in [4.69, 9.17) is 27.9 Å². The molecular weight excluding hydrogens is 463 g/mol. The van der Waals surface area contributed by atoms with Crippen LogP contribution >= 0.6 is 23.2 Å². The highest BCUT2D eigenvalue weighted by Gasteiger charge is 2.36. The van der Waals surface area contributed by atoms with Crippen LogP contribution in [0, 0.1) is 11.8 Å². The maximum absolute atomic E-state index is 13.0. The normalized spacial score (nSPS) is 20.5. The zero-order chi connectivity index (χ0) is 22.8. The van der Waals surface area contributed by atoms with E-state index in [2.05, 4.69) is 6.92 Å². The summed E-state index contributed by atoms with van der Waals surface area (Å²) >= 11 is 12.1. The van der Waals surface area contributed by atoms with Crippen LogP contribution in [0.2, 0.25) is 10.0 Å². The van der Waals surface area contributed by atoms with Crippen LogP contribution in [-0.2, 0) is 24.3 Å². The number of hydrogen-bond donors (Lipinski definition) is 0. The number of likely N-dealkylation sites (tertiary alicyclic amines) is 1. The van der Waals surface area contributed by atoms with Gasteiger partial charge in [-0.15, -0.1) is 0 Å². The number of ether oxygens (including phenoxy) is 1. The van der Waals surface area contributed by atoms with Crippen molar-refractivity contribution in [2.75, 3.05) is 26.2 Å². The number of nitrogens with zero attached hydrogens (tertiary/aromatic N) is 2. The second kappa shape index (κ2) is 10.1. The Morgan fingerprint density at radius 1 is 1.03 bits per heavy atom. The SMILES string of the molecule is CC1CCN(C(=O)C(C)OC(=O)C2CCN(S(=O)(=O)c3c(Cl)cccc3Cl)CC2)CC1. The van der Waals surface area contributed by atoms with Crippen molar-refractivity contribution in [3.05, 3.63) is 28.2 Å². The van der Waals surface area contributed by atoms with E-state index in [0.717, 1.165) is 12.8 Å². The summed E-state index contributed by atoms with van der Waals surface area (Å²) in [4.78, 5) is 26.8. The van der Waals surface area contributed by atoms with E-state index in [-0.39, 0.29) is 33.9 Å². The molecule has 0 radical (unpaired) electrons. The number of amides is 1. The fourth-order valence-corrected chi connectivity index (χ4v) is 6.56. The molecule has 2 aliphatic rings. The van der Waals surface area contributed by atoms with Crippen molar-refractivity contribution in [1.82, 2.24) is 9.21 Å². The summed E-state index contributed by atoms with van der Waals surface area (Å²) in [5.41, 5.74) is 0. The van der Waals surface area contributed by atoms with E-state index in [1.807, 2.05) is 0 Å². The summed E-state index contributed by atoms with van der Waals surface area (Å²) in [7, 11) is -3.87. The Labute approximate surface area is 193 Å². The first kappa shape index (κ1) is 24.3. The number of piperidine rings is 2. The molecule has 1 aromatic rings. The minimum Gasteiger partial charge on any atom is -0.452 e. The van der Waals surface area contributed by atoms with Gasteiger partial charge < -0.3 is 9.64 Å². The Hall–Kier alpha value is -1.35. The van der Waals surface area contributed by atoms with E-state index >= 15 is 0 Å². The van der Waals surface area contributed by atoms with E-state index in [0.29, 0.717) is 31.8 Å². The Morgan fingerprint density at radius 2 is 1.58 bits per heavy atom. The molecule has 10 heteroatoms. The van der Waals surface area contributed by atoms with Gasteiger partial charge in [-0.05, 0) is 50.7 Å². The van der Waals surface area contributed by atoms with Crippen LogP contribution in [0.25, 0.3) is 0 Å². The molecule has 2 saturated heterocycles. The number of hydrogen-bond acceptors (Lipinski definition) is 5. The number of halogens is 2. The first-order chi connectivity index (χ1) is 14.6. The molecule has 0 spiro atoms. The number of carbonyl (C=O) groups is 2. The van der Waals surface area contributed by atoms with Crippen LogP contribution in [0.4, 0.5) is 0 Å². The third kappa shape index (κ3) is 5.53. The largest absolute Gasteiger partial charge is 0.452 e. The summed E-state index contributed by atoms with van der Waals surface area (Å²) in [5.74, 6) is -0.485. The zero-order valence-electron chi connectivity index (χ0n) is 17.7. The lowest BCUT2D eigenvalue weighted by Crippen LogP contribution is -2.45. The van der Waals surface area contributed by atoms with Crippen LogP contribution in [0.1, 0.15) is 39.5 Å². The first-order valence-electron chi connectivity index (χ1n) is 10.5. The average Bonchev–Trinajstić information content (AvgIpc) is 2.73. The highest BCUT2D eigenvalue weighted by Crippen LogP contribution is 2.33. The summed E-state index contributed by atoms with van der Waals surface area (Å²) in [6.45, 7) is 5.42. The minimum atomic E-state index is -3.87. The molecule has 2 fully saturated rings. The van der Waals surface area contributed by atoms with Crippen LogP contribution in [0.3, 0.4) is 0 Å². The maximum Gasteiger partial charge on any atom is 0.309 e. The van der Waals surface area contributed by atoms with Crippen molar-refractivity contribution in [1.29, 1.82) is 0 Å². The molecule has 172 valence electrons. The number of sulfonamides is 1. The zero-order valence-corrected chi connectivity index (χ0v) is 20.0. The van der Waals surface area contributed by atoms with Crippen molar-refractivity contribution in [2.45, 2.75) is 50.5 Å². The molecule has 1 amide bonds. The van der Waals surface area contributed by atoms with E-state index in [1.54, 1.807) is 17.9 Å². The van der Waals surface area contributed by atoms with Crippen molar-refractivity contribution in [3.63, 3.8) is 0 Å². The van der Waals surface area contributed by atoms with Crippen molar-refractivity contribution in [2.24, 2.45) is 11.8 Å². The number of benzene rings is 1. The maximum atomic E-state index is 13.0. The molecule has 1 unspecified atom stereocenters. The summed E-state index contributed by atoms with van der Waals surface area (Å²) < 4.78 is 32.6. The molecule has 3 rings (SSSR count). The summed E-state index contributed by atoms with van der Waals surface area (Å²) in [5, 5.41) is 0.127. The van der Waals surface area contributed by atoms with Crippen molar-refractivity contribution >= 4 is 45.1 Å². The smallest absolute Gasteiger partial charge is 0.309 e. The van der Waals surface area contributed by atoms with Gasteiger partial charge in [-0.1, -0.05) is 36.2 Å². The third-order valence-electron chi connectivity index (χ3n) is 6.04. The number of carbonyl (C=O) groups excluding carboxylic acids is 2. The molecule has 2 heterocycles. The van der Waals surface area contributed by atoms with Gasteiger partial charge in [-0.2, -0.15) is 4.31 Å². The molecule has 7 nitrogen and oxygen atoms in total. The lowest BCUT2D eigenvalue weighted by molar-refractivity contribution is -0.164. The molecule has 1 atom stereocenters. The number of esters is 1. The van der Waals surface area contributed by atoms with Crippen molar-refractivity contribution < 1.29 is 22.7 Å². The fraction of sp³-hybridized carbons (Fsp3) is 0.619. The molecule has 0 saturated carbocycles. The highest BCUT2D eigenvalue weighted by atomic mass is 35.5. The summed E-state index contributed by atoms with van der Waals surface area (Å²) in [6, 6.07) is 4.54. The van der Waals surface area contributed by atoms with Gasteiger partial charge in [0.2, 0.25) is 10.0 Å². The topological polar surface area (TPSA) is 84.0 Å². The molecule has 31 heavy (non-hydrogen) atoms. The first-order valence-corrected chi connectivity index (χ1v) is 12.7. The van der Waals surface area contributed by atoms with Gasteiger partial charge >= 0.3 is 5.97 Å². The second-order valence-corrected chi connectivity index (χ2v) is 11.0. The lowest BCUT2D eigenvalue weighted by atomic mass is 9.98. The van der Waals surface area contributed by atoms with Gasteiger partial charge in [0.25, 0.3) is 5.91 Å². The third-order valence-corrected chi connectivity index (χ3v) is 8.89. The Kier molecular flexibility index (Phi) is 7.89. The molecule has 1 aromatic carbocycles. The lowest BCUT2D eigenvalue weighted by Gasteiger charge is -2.33. The monoisotopic (exact) mass is 490 g/mol. The second-order valence-electron chi connectivity index (χ2n) is 8.32.